The lowest BCUT2D eigenvalue weighted by Crippen LogP contribution is -2.50. The van der Waals surface area contributed by atoms with Gasteiger partial charge in [0, 0.05) is 19.5 Å². The second-order valence-corrected chi connectivity index (χ2v) is 8.27. The zero-order valence-electron chi connectivity index (χ0n) is 18.4. The standard InChI is InChI=1S/C25H29FN4O2/c1-2-3-8-23-28-24(32-29-23)17-30-16-20-7-5-4-6-19(20)15-22(30)25(31)27-14-13-18-9-11-21(26)12-10-18/h4-7,9-12,22H,2-3,8,13-17H2,1H3,(H,27,31)/t22-/m1/s1. The number of carbonyl (C=O) groups excluding carboxylic acids is 1. The number of benzene rings is 2. The highest BCUT2D eigenvalue weighted by Crippen LogP contribution is 2.25. The summed E-state index contributed by atoms with van der Waals surface area (Å²) in [6.45, 7) is 3.71. The van der Waals surface area contributed by atoms with Gasteiger partial charge >= 0.3 is 0 Å². The van der Waals surface area contributed by atoms with Crippen molar-refractivity contribution in [1.82, 2.24) is 20.4 Å². The summed E-state index contributed by atoms with van der Waals surface area (Å²) in [6, 6.07) is 14.3. The minimum atomic E-state index is -0.316. The molecule has 3 aromatic rings. The molecule has 0 radical (unpaired) electrons. The predicted octanol–water partition coefficient (Wildman–Crippen LogP) is 3.84. The highest BCUT2D eigenvalue weighted by Gasteiger charge is 2.32. The Hall–Kier alpha value is -3.06. The lowest BCUT2D eigenvalue weighted by molar-refractivity contribution is -0.127. The van der Waals surface area contributed by atoms with Crippen LogP contribution in [0.1, 0.15) is 48.2 Å². The average Bonchev–Trinajstić information content (AvgIpc) is 3.25. The smallest absolute Gasteiger partial charge is 0.240 e. The van der Waals surface area contributed by atoms with Gasteiger partial charge in [-0.3, -0.25) is 9.69 Å². The number of carbonyl (C=O) groups is 1. The zero-order chi connectivity index (χ0) is 22.3. The fourth-order valence-corrected chi connectivity index (χ4v) is 4.07. The number of aromatic nitrogens is 2. The monoisotopic (exact) mass is 436 g/mol. The Morgan fingerprint density at radius 2 is 1.94 bits per heavy atom. The van der Waals surface area contributed by atoms with Crippen LogP contribution < -0.4 is 5.32 Å². The summed E-state index contributed by atoms with van der Waals surface area (Å²) in [4.78, 5) is 19.7. The third-order valence-corrected chi connectivity index (χ3v) is 5.88. The van der Waals surface area contributed by atoms with Gasteiger partial charge in [-0.1, -0.05) is 54.9 Å². The van der Waals surface area contributed by atoms with Crippen molar-refractivity contribution < 1.29 is 13.7 Å². The Balaban J connectivity index is 1.42. The van der Waals surface area contributed by atoms with Crippen LogP contribution in [0.2, 0.25) is 0 Å². The molecule has 1 aliphatic rings. The second-order valence-electron chi connectivity index (χ2n) is 8.27. The van der Waals surface area contributed by atoms with Crippen LogP contribution in [-0.2, 0) is 37.1 Å². The molecule has 0 bridgehead atoms. The van der Waals surface area contributed by atoms with Crippen molar-refractivity contribution in [3.8, 4) is 0 Å². The summed E-state index contributed by atoms with van der Waals surface area (Å²) < 4.78 is 18.6. The number of fused-ring (bicyclic) bond motifs is 1. The van der Waals surface area contributed by atoms with E-state index in [1.165, 1.54) is 23.3 Å². The molecule has 2 heterocycles. The summed E-state index contributed by atoms with van der Waals surface area (Å²) >= 11 is 0. The van der Waals surface area contributed by atoms with Crippen molar-refractivity contribution in [1.29, 1.82) is 0 Å². The molecule has 0 saturated heterocycles. The molecule has 2 aromatic carbocycles. The summed E-state index contributed by atoms with van der Waals surface area (Å²) in [5.74, 6) is 0.986. The van der Waals surface area contributed by atoms with E-state index in [2.05, 4.69) is 39.4 Å². The molecular formula is C25H29FN4O2. The van der Waals surface area contributed by atoms with Crippen LogP contribution >= 0.6 is 0 Å². The number of amides is 1. The maximum Gasteiger partial charge on any atom is 0.240 e. The molecule has 1 aliphatic heterocycles. The Morgan fingerprint density at radius 1 is 1.16 bits per heavy atom. The Labute approximate surface area is 187 Å². The van der Waals surface area contributed by atoms with E-state index in [9.17, 15) is 9.18 Å². The molecule has 6 nitrogen and oxygen atoms in total. The Kier molecular flexibility index (Phi) is 7.27. The topological polar surface area (TPSA) is 71.3 Å². The first-order valence-corrected chi connectivity index (χ1v) is 11.3. The number of hydrogen-bond acceptors (Lipinski definition) is 5. The molecule has 0 aliphatic carbocycles. The molecule has 1 N–H and O–H groups in total. The molecular weight excluding hydrogens is 407 g/mol. The summed E-state index contributed by atoms with van der Waals surface area (Å²) in [5.41, 5.74) is 3.40. The summed E-state index contributed by atoms with van der Waals surface area (Å²) in [5, 5.41) is 7.14. The van der Waals surface area contributed by atoms with Gasteiger partial charge < -0.3 is 9.84 Å². The fraction of sp³-hybridized carbons (Fsp3) is 0.400. The van der Waals surface area contributed by atoms with E-state index in [-0.39, 0.29) is 17.8 Å². The van der Waals surface area contributed by atoms with E-state index >= 15 is 0 Å². The van der Waals surface area contributed by atoms with Gasteiger partial charge in [0.1, 0.15) is 5.82 Å². The SMILES string of the molecule is CCCCc1noc(CN2Cc3ccccc3C[C@@H]2C(=O)NCCc2ccc(F)cc2)n1. The fourth-order valence-electron chi connectivity index (χ4n) is 4.07. The predicted molar refractivity (Wildman–Crippen MR) is 119 cm³/mol. The number of hydrogen-bond donors (Lipinski definition) is 1. The number of unbranched alkanes of at least 4 members (excludes halogenated alkanes) is 1. The number of halogens is 1. The van der Waals surface area contributed by atoms with Crippen LogP contribution in [0.15, 0.2) is 53.1 Å². The highest BCUT2D eigenvalue weighted by atomic mass is 19.1. The number of rotatable bonds is 9. The molecule has 0 unspecified atom stereocenters. The first-order valence-electron chi connectivity index (χ1n) is 11.3. The molecule has 0 saturated carbocycles. The van der Waals surface area contributed by atoms with Gasteiger partial charge in [-0.05, 0) is 48.1 Å². The van der Waals surface area contributed by atoms with Crippen LogP contribution in [-0.4, -0.2) is 33.5 Å². The van der Waals surface area contributed by atoms with Gasteiger partial charge in [0.2, 0.25) is 11.8 Å². The van der Waals surface area contributed by atoms with Gasteiger partial charge in [0.05, 0.1) is 12.6 Å². The van der Waals surface area contributed by atoms with Crippen molar-refractivity contribution in [2.24, 2.45) is 0 Å². The first kappa shape index (κ1) is 22.1. The van der Waals surface area contributed by atoms with Gasteiger partial charge in [0.15, 0.2) is 5.82 Å². The maximum atomic E-state index is 13.1. The highest BCUT2D eigenvalue weighted by molar-refractivity contribution is 5.82. The summed E-state index contributed by atoms with van der Waals surface area (Å²) in [6.07, 6.45) is 4.19. The van der Waals surface area contributed by atoms with Crippen molar-refractivity contribution in [3.63, 3.8) is 0 Å². The molecule has 1 atom stereocenters. The Bertz CT molecular complexity index is 1030. The van der Waals surface area contributed by atoms with Gasteiger partial charge in [-0.15, -0.1) is 0 Å². The third kappa shape index (κ3) is 5.59. The minimum Gasteiger partial charge on any atom is -0.354 e. The van der Waals surface area contributed by atoms with E-state index < -0.39 is 0 Å². The van der Waals surface area contributed by atoms with Crippen LogP contribution in [0, 0.1) is 5.82 Å². The van der Waals surface area contributed by atoms with Crippen LogP contribution in [0.3, 0.4) is 0 Å². The number of aryl methyl sites for hydroxylation is 1. The van der Waals surface area contributed by atoms with E-state index in [4.69, 9.17) is 4.52 Å². The molecule has 0 fully saturated rings. The zero-order valence-corrected chi connectivity index (χ0v) is 18.4. The normalized spacial score (nSPS) is 16.0. The minimum absolute atomic E-state index is 0.0210. The van der Waals surface area contributed by atoms with Crippen molar-refractivity contribution in [2.75, 3.05) is 6.54 Å². The van der Waals surface area contributed by atoms with Crippen LogP contribution in [0.4, 0.5) is 4.39 Å². The van der Waals surface area contributed by atoms with E-state index in [0.29, 0.717) is 38.4 Å². The van der Waals surface area contributed by atoms with Gasteiger partial charge in [0.25, 0.3) is 0 Å². The molecule has 4 rings (SSSR count). The lowest BCUT2D eigenvalue weighted by Gasteiger charge is -2.35. The average molecular weight is 437 g/mol. The number of nitrogens with one attached hydrogen (secondary N) is 1. The molecule has 1 amide bonds. The second kappa shape index (κ2) is 10.5. The van der Waals surface area contributed by atoms with Crippen LogP contribution in [0.5, 0.6) is 0 Å². The van der Waals surface area contributed by atoms with Gasteiger partial charge in [-0.25, -0.2) is 4.39 Å². The Morgan fingerprint density at radius 3 is 2.72 bits per heavy atom. The molecule has 1 aromatic heterocycles. The third-order valence-electron chi connectivity index (χ3n) is 5.88. The van der Waals surface area contributed by atoms with Crippen LogP contribution in [0.25, 0.3) is 0 Å². The van der Waals surface area contributed by atoms with Crippen molar-refractivity contribution in [2.45, 2.75) is 58.2 Å². The molecule has 168 valence electrons. The van der Waals surface area contributed by atoms with E-state index in [1.807, 2.05) is 12.1 Å². The van der Waals surface area contributed by atoms with Crippen molar-refractivity contribution >= 4 is 5.91 Å². The van der Waals surface area contributed by atoms with E-state index in [0.717, 1.165) is 30.7 Å². The lowest BCUT2D eigenvalue weighted by atomic mass is 9.93. The van der Waals surface area contributed by atoms with Crippen molar-refractivity contribution in [3.05, 3.63) is 82.8 Å². The molecule has 7 heteroatoms. The largest absolute Gasteiger partial charge is 0.354 e. The molecule has 32 heavy (non-hydrogen) atoms. The summed E-state index contributed by atoms with van der Waals surface area (Å²) in [7, 11) is 0. The van der Waals surface area contributed by atoms with E-state index in [1.54, 1.807) is 12.1 Å². The maximum absolute atomic E-state index is 13.1. The molecule has 0 spiro atoms. The first-order chi connectivity index (χ1) is 15.6. The van der Waals surface area contributed by atoms with Gasteiger partial charge in [-0.2, -0.15) is 4.98 Å². The quantitative estimate of drug-likeness (QED) is 0.552. The number of nitrogens with zero attached hydrogens (tertiary/aromatic N) is 3.